The van der Waals surface area contributed by atoms with E-state index in [1.165, 1.54) is 0 Å². The summed E-state index contributed by atoms with van der Waals surface area (Å²) >= 11 is 0. The lowest BCUT2D eigenvalue weighted by molar-refractivity contribution is -0.140. The molecule has 12 heteroatoms. The minimum atomic E-state index is -0.608. The highest BCUT2D eigenvalue weighted by atomic mass is 16.5. The second kappa shape index (κ2) is 15.1. The van der Waals surface area contributed by atoms with Crippen LogP contribution in [0.1, 0.15) is 51.0 Å². The Hall–Kier alpha value is -4.61. The first-order valence-corrected chi connectivity index (χ1v) is 16.0. The average molecular weight is 634 g/mol. The Morgan fingerprint density at radius 3 is 2.41 bits per heavy atom. The van der Waals surface area contributed by atoms with E-state index in [2.05, 4.69) is 22.9 Å². The molecule has 2 saturated heterocycles. The molecular weight excluding hydrogens is 590 g/mol. The number of amides is 5. The van der Waals surface area contributed by atoms with Gasteiger partial charge in [-0.2, -0.15) is 0 Å². The number of likely N-dealkylation sites (tertiary alicyclic amines) is 2. The third-order valence-electron chi connectivity index (χ3n) is 8.93. The van der Waals surface area contributed by atoms with Crippen molar-refractivity contribution < 1.29 is 33.4 Å². The van der Waals surface area contributed by atoms with Crippen LogP contribution in [0.15, 0.2) is 60.7 Å². The molecule has 46 heavy (non-hydrogen) atoms. The van der Waals surface area contributed by atoms with E-state index in [-0.39, 0.29) is 73.7 Å². The average Bonchev–Trinajstić information content (AvgIpc) is 3.34. The number of nitrogens with one attached hydrogen (secondary N) is 3. The highest BCUT2D eigenvalue weighted by molar-refractivity contribution is 5.92. The fraction of sp³-hybridized carbons (Fsp3) is 0.500. The molecule has 5 amide bonds. The van der Waals surface area contributed by atoms with Crippen LogP contribution < -0.4 is 20.7 Å². The smallest absolute Gasteiger partial charge is 0.407 e. The Balaban J connectivity index is 0.996. The van der Waals surface area contributed by atoms with Gasteiger partial charge in [0.25, 0.3) is 0 Å². The van der Waals surface area contributed by atoms with Gasteiger partial charge in [0.2, 0.25) is 23.6 Å². The number of fused-ring (bicyclic) bond motifs is 1. The summed E-state index contributed by atoms with van der Waals surface area (Å²) in [4.78, 5) is 67.0. The Morgan fingerprint density at radius 1 is 0.913 bits per heavy atom. The molecule has 1 aliphatic carbocycles. The quantitative estimate of drug-likeness (QED) is 0.271. The first kappa shape index (κ1) is 32.8. The number of rotatable bonds is 14. The minimum absolute atomic E-state index is 0.0135. The van der Waals surface area contributed by atoms with Crippen molar-refractivity contribution in [3.8, 4) is 5.75 Å². The van der Waals surface area contributed by atoms with Crippen LogP contribution in [0.25, 0.3) is 0 Å². The lowest BCUT2D eigenvalue weighted by Gasteiger charge is -2.28. The molecule has 5 rings (SSSR count). The van der Waals surface area contributed by atoms with Crippen molar-refractivity contribution in [1.29, 1.82) is 0 Å². The van der Waals surface area contributed by atoms with Crippen molar-refractivity contribution in [3.05, 3.63) is 66.2 Å². The zero-order valence-corrected chi connectivity index (χ0v) is 26.2. The Morgan fingerprint density at radius 2 is 1.65 bits per heavy atom. The molecule has 0 aromatic heterocycles. The Bertz CT molecular complexity index is 1390. The van der Waals surface area contributed by atoms with Gasteiger partial charge in [0.15, 0.2) is 0 Å². The fourth-order valence-corrected chi connectivity index (χ4v) is 6.26. The molecule has 0 bridgehead atoms. The van der Waals surface area contributed by atoms with Crippen LogP contribution in [0.4, 0.5) is 4.79 Å². The molecule has 0 spiro atoms. The standard InChI is InChI=1S/C34H43N5O7/c1-34-19-27(39(28(34)20-34)31(42)21-36-29(40)13-8-18-45-26-11-6-3-7-12-26)32(43)37-25-15-17-38(22-25)30(41)14-16-35-33(44)46-23-24-9-4-2-5-10-24/h2-7,9-12,25,27-28H,8,13-23H2,1H3,(H,35,44)(H,36,40)(H,37,43)/t25-,27+,28+,34-/m1/s1. The van der Waals surface area contributed by atoms with Crippen molar-refractivity contribution in [2.45, 2.75) is 70.2 Å². The normalized spacial score (nSPS) is 22.8. The van der Waals surface area contributed by atoms with Crippen LogP contribution in [0, 0.1) is 5.41 Å². The van der Waals surface area contributed by atoms with E-state index in [0.717, 1.165) is 17.7 Å². The lowest BCUT2D eigenvalue weighted by Crippen LogP contribution is -2.52. The number of benzene rings is 2. The van der Waals surface area contributed by atoms with Gasteiger partial charge in [-0.05, 0) is 48.8 Å². The van der Waals surface area contributed by atoms with E-state index in [9.17, 15) is 24.0 Å². The van der Waals surface area contributed by atoms with Crippen LogP contribution >= 0.6 is 0 Å². The number of para-hydroxylation sites is 1. The summed E-state index contributed by atoms with van der Waals surface area (Å²) in [6, 6.07) is 17.8. The number of alkyl carbamates (subject to hydrolysis) is 1. The highest BCUT2D eigenvalue weighted by Gasteiger charge is 2.64. The molecule has 3 aliphatic rings. The van der Waals surface area contributed by atoms with Crippen molar-refractivity contribution in [3.63, 3.8) is 0 Å². The summed E-state index contributed by atoms with van der Waals surface area (Å²) in [6.07, 6.45) is 2.31. The Labute approximate surface area is 269 Å². The number of hydrogen-bond acceptors (Lipinski definition) is 7. The van der Waals surface area contributed by atoms with Gasteiger partial charge in [-0.3, -0.25) is 19.2 Å². The number of nitrogens with zero attached hydrogens (tertiary/aromatic N) is 2. The first-order valence-electron chi connectivity index (χ1n) is 16.0. The molecule has 2 aromatic carbocycles. The molecule has 2 aliphatic heterocycles. The van der Waals surface area contributed by atoms with Gasteiger partial charge in [-0.15, -0.1) is 0 Å². The predicted molar refractivity (Wildman–Crippen MR) is 168 cm³/mol. The van der Waals surface area contributed by atoms with Gasteiger partial charge in [-0.1, -0.05) is 55.5 Å². The fourth-order valence-electron chi connectivity index (χ4n) is 6.26. The summed E-state index contributed by atoms with van der Waals surface area (Å²) in [7, 11) is 0. The number of hydrogen-bond donors (Lipinski definition) is 3. The van der Waals surface area contributed by atoms with E-state index in [0.29, 0.717) is 39.0 Å². The zero-order valence-electron chi connectivity index (χ0n) is 26.2. The third-order valence-corrected chi connectivity index (χ3v) is 8.93. The van der Waals surface area contributed by atoms with Gasteiger partial charge in [0.05, 0.1) is 13.2 Å². The van der Waals surface area contributed by atoms with Crippen LogP contribution in [0.2, 0.25) is 0 Å². The summed E-state index contributed by atoms with van der Waals surface area (Å²) < 4.78 is 10.8. The molecule has 12 nitrogen and oxygen atoms in total. The number of ether oxygens (including phenoxy) is 2. The number of carbonyl (C=O) groups is 5. The molecule has 1 saturated carbocycles. The van der Waals surface area contributed by atoms with Crippen LogP contribution in [0.5, 0.6) is 5.75 Å². The van der Waals surface area contributed by atoms with Gasteiger partial charge in [-0.25, -0.2) is 4.79 Å². The monoisotopic (exact) mass is 633 g/mol. The lowest BCUT2D eigenvalue weighted by atomic mass is 10.0. The number of carbonyl (C=O) groups excluding carboxylic acids is 5. The summed E-state index contributed by atoms with van der Waals surface area (Å²) in [6.45, 7) is 3.49. The maximum atomic E-state index is 13.4. The Kier molecular flexibility index (Phi) is 10.8. The van der Waals surface area contributed by atoms with Crippen molar-refractivity contribution in [2.75, 3.05) is 32.8 Å². The molecule has 0 radical (unpaired) electrons. The van der Waals surface area contributed by atoms with E-state index >= 15 is 0 Å². The van der Waals surface area contributed by atoms with Gasteiger partial charge < -0.3 is 35.2 Å². The van der Waals surface area contributed by atoms with Crippen LogP contribution in [-0.4, -0.2) is 90.4 Å². The maximum absolute atomic E-state index is 13.4. The van der Waals surface area contributed by atoms with E-state index in [4.69, 9.17) is 9.47 Å². The van der Waals surface area contributed by atoms with Crippen LogP contribution in [-0.2, 0) is 30.5 Å². The van der Waals surface area contributed by atoms with Gasteiger partial charge in [0, 0.05) is 44.6 Å². The second-order valence-corrected chi connectivity index (χ2v) is 12.5. The second-order valence-electron chi connectivity index (χ2n) is 12.5. The third kappa shape index (κ3) is 8.76. The molecule has 2 aromatic rings. The van der Waals surface area contributed by atoms with E-state index < -0.39 is 12.1 Å². The van der Waals surface area contributed by atoms with Crippen molar-refractivity contribution >= 4 is 29.7 Å². The van der Waals surface area contributed by atoms with Crippen molar-refractivity contribution in [2.24, 2.45) is 5.41 Å². The summed E-state index contributed by atoms with van der Waals surface area (Å²) in [5.74, 6) is -0.105. The van der Waals surface area contributed by atoms with E-state index in [1.54, 1.807) is 9.80 Å². The molecule has 0 unspecified atom stereocenters. The molecule has 2 heterocycles. The molecule has 4 atom stereocenters. The minimum Gasteiger partial charge on any atom is -0.494 e. The molecule has 3 N–H and O–H groups in total. The van der Waals surface area contributed by atoms with Gasteiger partial charge in [0.1, 0.15) is 18.4 Å². The van der Waals surface area contributed by atoms with Crippen LogP contribution in [0.3, 0.4) is 0 Å². The highest BCUT2D eigenvalue weighted by Crippen LogP contribution is 2.59. The zero-order chi connectivity index (χ0) is 32.5. The maximum Gasteiger partial charge on any atom is 0.407 e. The SMILES string of the molecule is C[C@@]12C[C@@H]1N(C(=O)CNC(=O)CCCOc1ccccc1)[C@H](C(=O)N[C@@H]1CCN(C(=O)CCNC(=O)OCc3ccccc3)C1)C2. The molecule has 246 valence electrons. The number of piperidine rings is 1. The summed E-state index contributed by atoms with van der Waals surface area (Å²) in [5, 5.41) is 8.36. The largest absolute Gasteiger partial charge is 0.494 e. The van der Waals surface area contributed by atoms with Crippen molar-refractivity contribution in [1.82, 2.24) is 25.8 Å². The predicted octanol–water partition coefficient (Wildman–Crippen LogP) is 2.37. The molecule has 3 fully saturated rings. The van der Waals surface area contributed by atoms with Gasteiger partial charge >= 0.3 is 6.09 Å². The first-order chi connectivity index (χ1) is 22.2. The van der Waals surface area contributed by atoms with E-state index in [1.807, 2.05) is 60.7 Å². The topological polar surface area (TPSA) is 146 Å². The summed E-state index contributed by atoms with van der Waals surface area (Å²) in [5.41, 5.74) is 0.780. The molecular formula is C34H43N5O7.